The van der Waals surface area contributed by atoms with Crippen LogP contribution in [0.15, 0.2) is 18.2 Å². The number of anilines is 1. The van der Waals surface area contributed by atoms with Crippen molar-refractivity contribution in [3.05, 3.63) is 29.3 Å². The summed E-state index contributed by atoms with van der Waals surface area (Å²) in [7, 11) is 0. The Labute approximate surface area is 88.5 Å². The second-order valence-corrected chi connectivity index (χ2v) is 3.83. The van der Waals surface area contributed by atoms with Gasteiger partial charge in [0.2, 0.25) is 5.91 Å². The van der Waals surface area contributed by atoms with Gasteiger partial charge in [-0.05, 0) is 43.5 Å². The molecule has 0 saturated carbocycles. The van der Waals surface area contributed by atoms with Gasteiger partial charge in [-0.2, -0.15) is 0 Å². The van der Waals surface area contributed by atoms with Crippen molar-refractivity contribution < 1.29 is 9.59 Å². The van der Waals surface area contributed by atoms with E-state index in [4.69, 9.17) is 0 Å². The maximum absolute atomic E-state index is 11.3. The second-order valence-electron chi connectivity index (χ2n) is 3.83. The van der Waals surface area contributed by atoms with Crippen LogP contribution in [0.4, 0.5) is 5.69 Å². The molecule has 0 fully saturated rings. The molecule has 0 aromatic heterocycles. The lowest BCUT2D eigenvalue weighted by molar-refractivity contribution is -0.116. The number of ketones is 1. The second kappa shape index (κ2) is 3.85. The van der Waals surface area contributed by atoms with E-state index in [-0.39, 0.29) is 11.7 Å². The minimum atomic E-state index is 0.0596. The van der Waals surface area contributed by atoms with Crippen LogP contribution >= 0.6 is 0 Å². The number of carbonyl (C=O) groups excluding carboxylic acids is 2. The van der Waals surface area contributed by atoms with E-state index in [1.54, 1.807) is 13.0 Å². The van der Waals surface area contributed by atoms with Crippen molar-refractivity contribution in [2.45, 2.75) is 26.2 Å². The smallest absolute Gasteiger partial charge is 0.224 e. The van der Waals surface area contributed by atoms with Crippen molar-refractivity contribution in [2.24, 2.45) is 0 Å². The minimum absolute atomic E-state index is 0.0596. The Morgan fingerprint density at radius 2 is 2.13 bits per heavy atom. The summed E-state index contributed by atoms with van der Waals surface area (Å²) in [6.45, 7) is 1.55. The van der Waals surface area contributed by atoms with Crippen LogP contribution in [0.3, 0.4) is 0 Å². The van der Waals surface area contributed by atoms with Crippen LogP contribution in [0.5, 0.6) is 0 Å². The molecule has 1 aliphatic heterocycles. The largest absolute Gasteiger partial charge is 0.326 e. The molecule has 0 unspecified atom stereocenters. The van der Waals surface area contributed by atoms with Crippen molar-refractivity contribution in [1.82, 2.24) is 0 Å². The van der Waals surface area contributed by atoms with E-state index in [2.05, 4.69) is 5.32 Å². The number of Topliss-reactive ketones (excluding diaryl/α,β-unsaturated/α-hetero) is 1. The molecule has 78 valence electrons. The normalized spacial score (nSPS) is 15.1. The first-order valence-electron chi connectivity index (χ1n) is 5.10. The van der Waals surface area contributed by atoms with Crippen molar-refractivity contribution in [3.63, 3.8) is 0 Å². The maximum Gasteiger partial charge on any atom is 0.224 e. The molecule has 3 heteroatoms. The Morgan fingerprint density at radius 1 is 1.33 bits per heavy atom. The lowest BCUT2D eigenvalue weighted by Crippen LogP contribution is -2.09. The quantitative estimate of drug-likeness (QED) is 0.711. The summed E-state index contributed by atoms with van der Waals surface area (Å²) >= 11 is 0. The Hall–Kier alpha value is -1.64. The monoisotopic (exact) mass is 203 g/mol. The topological polar surface area (TPSA) is 46.2 Å². The number of carbonyl (C=O) groups is 2. The average molecular weight is 203 g/mol. The molecule has 2 rings (SSSR count). The first-order chi connectivity index (χ1) is 7.16. The molecule has 0 atom stereocenters. The molecule has 0 saturated heterocycles. The third-order valence-corrected chi connectivity index (χ3v) is 2.64. The minimum Gasteiger partial charge on any atom is -0.326 e. The van der Waals surface area contributed by atoms with Gasteiger partial charge in [0.15, 0.2) is 5.78 Å². The molecule has 15 heavy (non-hydrogen) atoms. The summed E-state index contributed by atoms with van der Waals surface area (Å²) in [5.41, 5.74) is 2.63. The van der Waals surface area contributed by atoms with E-state index in [1.807, 2.05) is 12.1 Å². The number of aryl methyl sites for hydroxylation is 1. The predicted molar refractivity (Wildman–Crippen MR) is 58.0 cm³/mol. The average Bonchev–Trinajstić information content (AvgIpc) is 2.37. The number of amides is 1. The molecule has 3 nitrogen and oxygen atoms in total. The van der Waals surface area contributed by atoms with Gasteiger partial charge in [0, 0.05) is 17.7 Å². The van der Waals surface area contributed by atoms with Crippen molar-refractivity contribution in [1.29, 1.82) is 0 Å². The number of nitrogens with one attached hydrogen (secondary N) is 1. The van der Waals surface area contributed by atoms with Gasteiger partial charge >= 0.3 is 0 Å². The zero-order valence-corrected chi connectivity index (χ0v) is 8.67. The number of fused-ring (bicyclic) bond motifs is 1. The van der Waals surface area contributed by atoms with Gasteiger partial charge in [0.05, 0.1) is 0 Å². The third-order valence-electron chi connectivity index (χ3n) is 2.64. The van der Waals surface area contributed by atoms with Crippen molar-refractivity contribution in [3.8, 4) is 0 Å². The van der Waals surface area contributed by atoms with Crippen LogP contribution in [-0.2, 0) is 11.2 Å². The molecular formula is C12H13NO2. The van der Waals surface area contributed by atoms with Gasteiger partial charge in [0.1, 0.15) is 0 Å². The summed E-state index contributed by atoms with van der Waals surface area (Å²) in [4.78, 5) is 22.5. The SMILES string of the molecule is CC(=O)c1ccc2c(c1)CCCC(=O)N2. The van der Waals surface area contributed by atoms with E-state index in [0.29, 0.717) is 12.0 Å². The predicted octanol–water partition coefficient (Wildman–Crippen LogP) is 2.16. The molecular weight excluding hydrogens is 190 g/mol. The first-order valence-corrected chi connectivity index (χ1v) is 5.10. The summed E-state index contributed by atoms with van der Waals surface area (Å²) in [5, 5.41) is 2.84. The highest BCUT2D eigenvalue weighted by molar-refractivity contribution is 5.96. The fraction of sp³-hybridized carbons (Fsp3) is 0.333. The Bertz CT molecular complexity index is 424. The molecule has 1 aromatic rings. The zero-order chi connectivity index (χ0) is 10.8. The van der Waals surface area contributed by atoms with Crippen LogP contribution in [0.1, 0.15) is 35.7 Å². The molecule has 1 aliphatic rings. The zero-order valence-electron chi connectivity index (χ0n) is 8.67. The van der Waals surface area contributed by atoms with Crippen LogP contribution in [-0.4, -0.2) is 11.7 Å². The lowest BCUT2D eigenvalue weighted by atomic mass is 10.0. The summed E-state index contributed by atoms with van der Waals surface area (Å²) in [6.07, 6.45) is 2.26. The molecule has 0 aliphatic carbocycles. The van der Waals surface area contributed by atoms with Gasteiger partial charge in [-0.3, -0.25) is 9.59 Å². The highest BCUT2D eigenvalue weighted by Gasteiger charge is 2.13. The highest BCUT2D eigenvalue weighted by Crippen LogP contribution is 2.23. The summed E-state index contributed by atoms with van der Waals surface area (Å²) < 4.78 is 0. The first kappa shape index (κ1) is 9.90. The number of hydrogen-bond donors (Lipinski definition) is 1. The van der Waals surface area contributed by atoms with Crippen LogP contribution in [0, 0.1) is 0 Å². The molecule has 0 radical (unpaired) electrons. The van der Waals surface area contributed by atoms with E-state index >= 15 is 0 Å². The van der Waals surface area contributed by atoms with Crippen LogP contribution in [0.2, 0.25) is 0 Å². The lowest BCUT2D eigenvalue weighted by Gasteiger charge is -2.07. The van der Waals surface area contributed by atoms with Gasteiger partial charge < -0.3 is 5.32 Å². The van der Waals surface area contributed by atoms with Gasteiger partial charge in [-0.1, -0.05) is 0 Å². The highest BCUT2D eigenvalue weighted by atomic mass is 16.1. The molecule has 1 heterocycles. The summed E-state index contributed by atoms with van der Waals surface area (Å²) in [6, 6.07) is 5.45. The summed E-state index contributed by atoms with van der Waals surface area (Å²) in [5.74, 6) is 0.123. The van der Waals surface area contributed by atoms with E-state index < -0.39 is 0 Å². The molecule has 1 amide bonds. The maximum atomic E-state index is 11.3. The van der Waals surface area contributed by atoms with Crippen LogP contribution < -0.4 is 5.32 Å². The number of hydrogen-bond acceptors (Lipinski definition) is 2. The third kappa shape index (κ3) is 2.06. The van der Waals surface area contributed by atoms with Gasteiger partial charge in [-0.25, -0.2) is 0 Å². The molecule has 0 bridgehead atoms. The Balaban J connectivity index is 2.40. The number of rotatable bonds is 1. The Morgan fingerprint density at radius 3 is 2.87 bits per heavy atom. The van der Waals surface area contributed by atoms with Crippen LogP contribution in [0.25, 0.3) is 0 Å². The van der Waals surface area contributed by atoms with Gasteiger partial charge in [-0.15, -0.1) is 0 Å². The van der Waals surface area contributed by atoms with Crippen molar-refractivity contribution >= 4 is 17.4 Å². The van der Waals surface area contributed by atoms with Crippen molar-refractivity contribution in [2.75, 3.05) is 5.32 Å². The van der Waals surface area contributed by atoms with E-state index in [9.17, 15) is 9.59 Å². The molecule has 1 N–H and O–H groups in total. The fourth-order valence-corrected chi connectivity index (χ4v) is 1.79. The van der Waals surface area contributed by atoms with Gasteiger partial charge in [0.25, 0.3) is 0 Å². The Kier molecular flexibility index (Phi) is 2.54. The van der Waals surface area contributed by atoms with E-state index in [1.165, 1.54) is 0 Å². The number of benzene rings is 1. The molecule has 0 spiro atoms. The fourth-order valence-electron chi connectivity index (χ4n) is 1.79. The molecule has 1 aromatic carbocycles. The van der Waals surface area contributed by atoms with E-state index in [0.717, 1.165) is 24.1 Å². The standard InChI is InChI=1S/C12H13NO2/c1-8(14)9-5-6-11-10(7-9)3-2-4-12(15)13-11/h5-7H,2-4H2,1H3,(H,13,15).